The fourth-order valence-electron chi connectivity index (χ4n) is 2.72. The van der Waals surface area contributed by atoms with E-state index in [0.29, 0.717) is 25.1 Å². The molecule has 1 aliphatic rings. The molecule has 0 unspecified atom stereocenters. The lowest BCUT2D eigenvalue weighted by molar-refractivity contribution is -0.134. The molecule has 1 atom stereocenters. The lowest BCUT2D eigenvalue weighted by Crippen LogP contribution is -2.44. The van der Waals surface area contributed by atoms with Gasteiger partial charge in [0.15, 0.2) is 9.84 Å². The van der Waals surface area contributed by atoms with Gasteiger partial charge in [-0.05, 0) is 24.5 Å². The maximum absolute atomic E-state index is 12.4. The van der Waals surface area contributed by atoms with Crippen molar-refractivity contribution < 1.29 is 18.0 Å². The van der Waals surface area contributed by atoms with Gasteiger partial charge in [-0.25, -0.2) is 8.42 Å². The van der Waals surface area contributed by atoms with Crippen LogP contribution in [-0.2, 0) is 25.8 Å². The fraction of sp³-hybridized carbons (Fsp3) is 0.467. The number of hydrogen-bond donors (Lipinski definition) is 1. The van der Waals surface area contributed by atoms with Crippen LogP contribution in [0, 0.1) is 5.92 Å². The Morgan fingerprint density at radius 3 is 2.64 bits per heavy atom. The predicted molar refractivity (Wildman–Crippen MR) is 81.8 cm³/mol. The number of nitrogens with two attached hydrogens (primary N) is 1. The van der Waals surface area contributed by atoms with Gasteiger partial charge in [0, 0.05) is 19.3 Å². The Hall–Kier alpha value is -1.89. The molecular weight excluding hydrogens is 304 g/mol. The largest absolute Gasteiger partial charge is 0.369 e. The molecule has 0 radical (unpaired) electrons. The lowest BCUT2D eigenvalue weighted by Gasteiger charge is -2.31. The Balaban J connectivity index is 2.14. The van der Waals surface area contributed by atoms with Crippen molar-refractivity contribution >= 4 is 21.7 Å². The first kappa shape index (κ1) is 16.5. The molecule has 7 heteroatoms. The zero-order valence-electron chi connectivity index (χ0n) is 12.5. The van der Waals surface area contributed by atoms with E-state index in [1.54, 1.807) is 23.1 Å². The number of hydrogen-bond acceptors (Lipinski definition) is 4. The first-order valence-electron chi connectivity index (χ1n) is 7.14. The van der Waals surface area contributed by atoms with Crippen molar-refractivity contribution in [1.29, 1.82) is 0 Å². The summed E-state index contributed by atoms with van der Waals surface area (Å²) in [5.41, 5.74) is 5.79. The zero-order chi connectivity index (χ0) is 16.3. The van der Waals surface area contributed by atoms with Gasteiger partial charge in [-0.1, -0.05) is 18.2 Å². The molecule has 1 fully saturated rings. The summed E-state index contributed by atoms with van der Waals surface area (Å²) in [6.07, 6.45) is 2.56. The minimum atomic E-state index is -3.38. The SMILES string of the molecule is CS(=O)(=O)c1ccccc1CC(=O)N1CCC[C@H](C(N)=O)C1. The van der Waals surface area contributed by atoms with E-state index in [0.717, 1.165) is 12.7 Å². The van der Waals surface area contributed by atoms with Gasteiger partial charge < -0.3 is 10.6 Å². The van der Waals surface area contributed by atoms with Crippen LogP contribution in [0.2, 0.25) is 0 Å². The number of sulfone groups is 1. The average molecular weight is 324 g/mol. The molecule has 0 saturated carbocycles. The number of carbonyl (C=O) groups is 2. The van der Waals surface area contributed by atoms with Crippen LogP contribution >= 0.6 is 0 Å². The Kier molecular flexibility index (Phi) is 4.85. The number of benzene rings is 1. The molecular formula is C15H20N2O4S. The minimum absolute atomic E-state index is 0.00866. The van der Waals surface area contributed by atoms with Crippen LogP contribution in [0.25, 0.3) is 0 Å². The number of amides is 2. The number of primary amides is 1. The van der Waals surface area contributed by atoms with E-state index >= 15 is 0 Å². The molecule has 120 valence electrons. The molecule has 0 spiro atoms. The highest BCUT2D eigenvalue weighted by Crippen LogP contribution is 2.20. The lowest BCUT2D eigenvalue weighted by atomic mass is 9.97. The molecule has 1 aromatic carbocycles. The summed E-state index contributed by atoms with van der Waals surface area (Å²) in [5, 5.41) is 0. The summed E-state index contributed by atoms with van der Waals surface area (Å²) in [5.74, 6) is -0.890. The number of nitrogens with zero attached hydrogens (tertiary/aromatic N) is 1. The van der Waals surface area contributed by atoms with E-state index in [1.165, 1.54) is 6.07 Å². The van der Waals surface area contributed by atoms with Gasteiger partial charge in [0.1, 0.15) is 0 Å². The van der Waals surface area contributed by atoms with Crippen molar-refractivity contribution in [3.8, 4) is 0 Å². The normalized spacial score (nSPS) is 19.0. The smallest absolute Gasteiger partial charge is 0.227 e. The second-order valence-electron chi connectivity index (χ2n) is 5.64. The molecule has 22 heavy (non-hydrogen) atoms. The molecule has 1 aromatic rings. The second-order valence-corrected chi connectivity index (χ2v) is 7.62. The third kappa shape index (κ3) is 3.85. The van der Waals surface area contributed by atoms with Crippen LogP contribution in [0.1, 0.15) is 18.4 Å². The third-order valence-electron chi connectivity index (χ3n) is 3.89. The quantitative estimate of drug-likeness (QED) is 0.864. The van der Waals surface area contributed by atoms with E-state index in [1.807, 2.05) is 0 Å². The van der Waals surface area contributed by atoms with Crippen LogP contribution in [0.3, 0.4) is 0 Å². The van der Waals surface area contributed by atoms with Crippen LogP contribution in [0.15, 0.2) is 29.2 Å². The van der Waals surface area contributed by atoms with Crippen LogP contribution in [0.4, 0.5) is 0 Å². The standard InChI is InChI=1S/C15H20N2O4S/c1-22(20,21)13-7-3-2-5-11(13)9-14(18)17-8-4-6-12(10-17)15(16)19/h2-3,5,7,12H,4,6,8-10H2,1H3,(H2,16,19)/t12-/m0/s1. The van der Waals surface area contributed by atoms with Gasteiger partial charge >= 0.3 is 0 Å². The van der Waals surface area contributed by atoms with E-state index in [-0.39, 0.29) is 23.1 Å². The Morgan fingerprint density at radius 1 is 1.32 bits per heavy atom. The number of rotatable bonds is 4. The molecule has 6 nitrogen and oxygen atoms in total. The minimum Gasteiger partial charge on any atom is -0.369 e. The van der Waals surface area contributed by atoms with Crippen molar-refractivity contribution in [2.45, 2.75) is 24.2 Å². The average Bonchev–Trinajstić information content (AvgIpc) is 2.46. The van der Waals surface area contributed by atoms with Crippen molar-refractivity contribution in [2.75, 3.05) is 19.3 Å². The van der Waals surface area contributed by atoms with Gasteiger partial charge in [0.25, 0.3) is 0 Å². The van der Waals surface area contributed by atoms with E-state index in [9.17, 15) is 18.0 Å². The predicted octanol–water partition coefficient (Wildman–Crippen LogP) is 0.357. The summed E-state index contributed by atoms with van der Waals surface area (Å²) in [6.45, 7) is 0.888. The van der Waals surface area contributed by atoms with E-state index in [4.69, 9.17) is 5.73 Å². The van der Waals surface area contributed by atoms with E-state index in [2.05, 4.69) is 0 Å². The first-order chi connectivity index (χ1) is 10.3. The maximum Gasteiger partial charge on any atom is 0.227 e. The van der Waals surface area contributed by atoms with Crippen molar-refractivity contribution in [3.05, 3.63) is 29.8 Å². The highest BCUT2D eigenvalue weighted by Gasteiger charge is 2.27. The summed E-state index contributed by atoms with van der Waals surface area (Å²) < 4.78 is 23.5. The summed E-state index contributed by atoms with van der Waals surface area (Å²) in [4.78, 5) is 25.4. The fourth-order valence-corrected chi connectivity index (χ4v) is 3.66. The van der Waals surface area contributed by atoms with Gasteiger partial charge in [-0.15, -0.1) is 0 Å². The maximum atomic E-state index is 12.4. The van der Waals surface area contributed by atoms with Crippen LogP contribution in [-0.4, -0.2) is 44.5 Å². The molecule has 1 heterocycles. The Bertz CT molecular complexity index is 685. The van der Waals surface area contributed by atoms with Gasteiger partial charge in [-0.3, -0.25) is 9.59 Å². The van der Waals surface area contributed by atoms with Crippen LogP contribution in [0.5, 0.6) is 0 Å². The summed E-state index contributed by atoms with van der Waals surface area (Å²) >= 11 is 0. The Morgan fingerprint density at radius 2 is 2.00 bits per heavy atom. The molecule has 1 aliphatic heterocycles. The molecule has 2 amide bonds. The molecule has 0 aromatic heterocycles. The molecule has 2 N–H and O–H groups in total. The van der Waals surface area contributed by atoms with Gasteiger partial charge in [-0.2, -0.15) is 0 Å². The number of piperidine rings is 1. The first-order valence-corrected chi connectivity index (χ1v) is 9.03. The summed E-state index contributed by atoms with van der Waals surface area (Å²) in [6, 6.07) is 6.48. The van der Waals surface area contributed by atoms with E-state index < -0.39 is 15.7 Å². The van der Waals surface area contributed by atoms with Crippen molar-refractivity contribution in [1.82, 2.24) is 4.90 Å². The highest BCUT2D eigenvalue weighted by atomic mass is 32.2. The monoisotopic (exact) mass is 324 g/mol. The van der Waals surface area contributed by atoms with Crippen molar-refractivity contribution in [3.63, 3.8) is 0 Å². The number of likely N-dealkylation sites (tertiary alicyclic amines) is 1. The highest BCUT2D eigenvalue weighted by molar-refractivity contribution is 7.90. The zero-order valence-corrected chi connectivity index (χ0v) is 13.3. The van der Waals surface area contributed by atoms with Crippen molar-refractivity contribution in [2.24, 2.45) is 11.7 Å². The van der Waals surface area contributed by atoms with Gasteiger partial charge in [0.05, 0.1) is 17.2 Å². The van der Waals surface area contributed by atoms with Gasteiger partial charge in [0.2, 0.25) is 11.8 Å². The molecule has 2 rings (SSSR count). The molecule has 0 bridgehead atoms. The Labute approximate surface area is 130 Å². The molecule has 1 saturated heterocycles. The second kappa shape index (κ2) is 6.48. The molecule has 0 aliphatic carbocycles. The number of carbonyl (C=O) groups excluding carboxylic acids is 2. The summed E-state index contributed by atoms with van der Waals surface area (Å²) in [7, 11) is -3.38. The third-order valence-corrected chi connectivity index (χ3v) is 5.09. The van der Waals surface area contributed by atoms with Crippen LogP contribution < -0.4 is 5.73 Å². The topological polar surface area (TPSA) is 97.5 Å².